The highest BCUT2D eigenvalue weighted by Crippen LogP contribution is 2.38. The van der Waals surface area contributed by atoms with Crippen molar-refractivity contribution in [1.29, 1.82) is 5.26 Å². The summed E-state index contributed by atoms with van der Waals surface area (Å²) in [5, 5.41) is 18.9. The Labute approximate surface area is 94.1 Å². The molecule has 2 rings (SSSR count). The Bertz CT molecular complexity index is 559. The number of rotatable bonds is 1. The Balaban J connectivity index is 2.65. The number of nitriles is 1. The first-order valence-corrected chi connectivity index (χ1v) is 6.56. The average molecular weight is 237 g/mol. The largest absolute Gasteiger partial charge is 0.384 e. The number of hydrogen-bond donors (Lipinski definition) is 1. The van der Waals surface area contributed by atoms with Crippen LogP contribution in [-0.2, 0) is 15.4 Å². The second kappa shape index (κ2) is 3.58. The standard InChI is InChI=1S/C11H11NO3S/c12-7-5-11(13)6-8-16(14,15)10-4-2-1-3-9(10)11/h1-4,13H,5-6,8H2. The molecular weight excluding hydrogens is 226 g/mol. The summed E-state index contributed by atoms with van der Waals surface area (Å²) >= 11 is 0. The van der Waals surface area contributed by atoms with Crippen LogP contribution in [0.25, 0.3) is 0 Å². The molecule has 5 heteroatoms. The van der Waals surface area contributed by atoms with Gasteiger partial charge in [0.2, 0.25) is 0 Å². The van der Waals surface area contributed by atoms with Crippen molar-refractivity contribution in [2.75, 3.05) is 5.75 Å². The van der Waals surface area contributed by atoms with E-state index in [9.17, 15) is 13.5 Å². The van der Waals surface area contributed by atoms with Crippen LogP contribution in [0.15, 0.2) is 29.2 Å². The Morgan fingerprint density at radius 1 is 1.44 bits per heavy atom. The molecule has 1 aliphatic rings. The summed E-state index contributed by atoms with van der Waals surface area (Å²) in [5.41, 5.74) is -0.973. The summed E-state index contributed by atoms with van der Waals surface area (Å²) in [6.07, 6.45) is -0.000556. The maximum absolute atomic E-state index is 11.8. The Morgan fingerprint density at radius 2 is 2.12 bits per heavy atom. The third-order valence-corrected chi connectivity index (χ3v) is 4.65. The Hall–Kier alpha value is -1.38. The fraction of sp³-hybridized carbons (Fsp3) is 0.364. The minimum absolute atomic E-state index is 0.0832. The summed E-state index contributed by atoms with van der Waals surface area (Å²) in [4.78, 5) is 0.152. The van der Waals surface area contributed by atoms with Crippen LogP contribution in [-0.4, -0.2) is 19.3 Å². The van der Waals surface area contributed by atoms with E-state index < -0.39 is 15.4 Å². The predicted molar refractivity (Wildman–Crippen MR) is 57.2 cm³/mol. The van der Waals surface area contributed by atoms with E-state index in [1.807, 2.05) is 6.07 Å². The summed E-state index contributed by atoms with van der Waals surface area (Å²) < 4.78 is 23.5. The van der Waals surface area contributed by atoms with Crippen LogP contribution < -0.4 is 0 Å². The molecular formula is C11H11NO3S. The lowest BCUT2D eigenvalue weighted by molar-refractivity contribution is 0.0329. The molecule has 84 valence electrons. The third-order valence-electron chi connectivity index (χ3n) is 2.88. The van der Waals surface area contributed by atoms with Gasteiger partial charge in [-0.25, -0.2) is 8.42 Å². The van der Waals surface area contributed by atoms with E-state index in [1.165, 1.54) is 6.07 Å². The molecule has 0 aromatic heterocycles. The monoisotopic (exact) mass is 237 g/mol. The van der Waals surface area contributed by atoms with Crippen molar-refractivity contribution in [3.8, 4) is 6.07 Å². The Morgan fingerprint density at radius 3 is 2.81 bits per heavy atom. The molecule has 1 aromatic carbocycles. The normalized spacial score (nSPS) is 26.8. The minimum Gasteiger partial charge on any atom is -0.384 e. The lowest BCUT2D eigenvalue weighted by Gasteiger charge is -2.32. The molecule has 4 nitrogen and oxygen atoms in total. The smallest absolute Gasteiger partial charge is 0.178 e. The average Bonchev–Trinajstić information content (AvgIpc) is 2.26. The zero-order valence-corrected chi connectivity index (χ0v) is 9.37. The van der Waals surface area contributed by atoms with E-state index >= 15 is 0 Å². The third kappa shape index (κ3) is 1.60. The molecule has 1 aliphatic heterocycles. The van der Waals surface area contributed by atoms with Crippen molar-refractivity contribution in [2.45, 2.75) is 23.3 Å². The van der Waals surface area contributed by atoms with Crippen LogP contribution in [0, 0.1) is 11.3 Å². The first-order valence-electron chi connectivity index (χ1n) is 4.91. The van der Waals surface area contributed by atoms with Crippen molar-refractivity contribution < 1.29 is 13.5 Å². The second-order valence-electron chi connectivity index (χ2n) is 3.93. The Kier molecular flexibility index (Phi) is 2.49. The van der Waals surface area contributed by atoms with E-state index in [4.69, 9.17) is 5.26 Å². The van der Waals surface area contributed by atoms with E-state index in [1.54, 1.807) is 18.2 Å². The van der Waals surface area contributed by atoms with E-state index in [0.717, 1.165) is 0 Å². The quantitative estimate of drug-likeness (QED) is 0.789. The highest BCUT2D eigenvalue weighted by atomic mass is 32.2. The molecule has 1 atom stereocenters. The topological polar surface area (TPSA) is 78.2 Å². The number of hydrogen-bond acceptors (Lipinski definition) is 4. The predicted octanol–water partition coefficient (Wildman–Crippen LogP) is 0.965. The zero-order chi connectivity index (χ0) is 11.8. The van der Waals surface area contributed by atoms with Gasteiger partial charge in [-0.3, -0.25) is 0 Å². The van der Waals surface area contributed by atoms with Crippen molar-refractivity contribution in [3.63, 3.8) is 0 Å². The van der Waals surface area contributed by atoms with Crippen LogP contribution in [0.4, 0.5) is 0 Å². The van der Waals surface area contributed by atoms with Gasteiger partial charge in [-0.05, 0) is 12.5 Å². The molecule has 0 saturated heterocycles. The second-order valence-corrected chi connectivity index (χ2v) is 6.01. The van der Waals surface area contributed by atoms with Crippen molar-refractivity contribution in [2.24, 2.45) is 0 Å². The molecule has 1 N–H and O–H groups in total. The molecule has 0 fully saturated rings. The van der Waals surface area contributed by atoms with Crippen LogP contribution >= 0.6 is 0 Å². The molecule has 0 amide bonds. The molecule has 1 unspecified atom stereocenters. The summed E-state index contributed by atoms with van der Waals surface area (Å²) in [6.45, 7) is 0. The lowest BCUT2D eigenvalue weighted by Crippen LogP contribution is -2.35. The molecule has 0 aliphatic carbocycles. The van der Waals surface area contributed by atoms with Gasteiger partial charge in [-0.1, -0.05) is 18.2 Å². The van der Waals surface area contributed by atoms with E-state index in [0.29, 0.717) is 5.56 Å². The molecule has 16 heavy (non-hydrogen) atoms. The van der Waals surface area contributed by atoms with Gasteiger partial charge in [0.15, 0.2) is 9.84 Å². The molecule has 0 radical (unpaired) electrons. The van der Waals surface area contributed by atoms with Gasteiger partial charge >= 0.3 is 0 Å². The molecule has 1 aromatic rings. The van der Waals surface area contributed by atoms with Crippen LogP contribution in [0.5, 0.6) is 0 Å². The van der Waals surface area contributed by atoms with Crippen molar-refractivity contribution >= 4 is 9.84 Å². The summed E-state index contributed by atoms with van der Waals surface area (Å²) in [6, 6.07) is 8.24. The number of fused-ring (bicyclic) bond motifs is 1. The van der Waals surface area contributed by atoms with Crippen molar-refractivity contribution in [1.82, 2.24) is 0 Å². The maximum Gasteiger partial charge on any atom is 0.178 e. The fourth-order valence-corrected chi connectivity index (χ4v) is 3.69. The summed E-state index contributed by atoms with van der Waals surface area (Å²) in [5.74, 6) is -0.109. The summed E-state index contributed by atoms with van der Waals surface area (Å²) in [7, 11) is -3.30. The number of aliphatic hydroxyl groups is 1. The van der Waals surface area contributed by atoms with Crippen LogP contribution in [0.3, 0.4) is 0 Å². The van der Waals surface area contributed by atoms with Gasteiger partial charge in [0, 0.05) is 5.56 Å². The molecule has 0 spiro atoms. The first-order chi connectivity index (χ1) is 7.49. The first kappa shape index (κ1) is 11.1. The van der Waals surface area contributed by atoms with Crippen LogP contribution in [0.2, 0.25) is 0 Å². The van der Waals surface area contributed by atoms with Gasteiger partial charge in [-0.15, -0.1) is 0 Å². The SMILES string of the molecule is N#CCC1(O)CCS(=O)(=O)c2ccccc21. The number of sulfone groups is 1. The lowest BCUT2D eigenvalue weighted by atomic mass is 9.88. The van der Waals surface area contributed by atoms with Crippen molar-refractivity contribution in [3.05, 3.63) is 29.8 Å². The minimum atomic E-state index is -3.30. The molecule has 0 saturated carbocycles. The van der Waals surface area contributed by atoms with E-state index in [-0.39, 0.29) is 23.5 Å². The molecule has 0 bridgehead atoms. The number of nitrogens with zero attached hydrogens (tertiary/aromatic N) is 1. The maximum atomic E-state index is 11.8. The van der Waals surface area contributed by atoms with Gasteiger partial charge in [0.25, 0.3) is 0 Å². The van der Waals surface area contributed by atoms with Gasteiger partial charge in [-0.2, -0.15) is 5.26 Å². The highest BCUT2D eigenvalue weighted by Gasteiger charge is 2.40. The fourth-order valence-electron chi connectivity index (χ4n) is 1.98. The van der Waals surface area contributed by atoms with Crippen LogP contribution in [0.1, 0.15) is 18.4 Å². The van der Waals surface area contributed by atoms with Gasteiger partial charge < -0.3 is 5.11 Å². The van der Waals surface area contributed by atoms with Gasteiger partial charge in [0.1, 0.15) is 5.60 Å². The highest BCUT2D eigenvalue weighted by molar-refractivity contribution is 7.91. The molecule has 1 heterocycles. The zero-order valence-electron chi connectivity index (χ0n) is 8.55. The number of benzene rings is 1. The van der Waals surface area contributed by atoms with Gasteiger partial charge in [0.05, 0.1) is 23.1 Å². The van der Waals surface area contributed by atoms with E-state index in [2.05, 4.69) is 0 Å².